The van der Waals surface area contributed by atoms with E-state index in [-0.39, 0.29) is 17.8 Å². The molecule has 0 N–H and O–H groups in total. The molecule has 0 saturated heterocycles. The van der Waals surface area contributed by atoms with E-state index >= 15 is 0 Å². The van der Waals surface area contributed by atoms with Crippen LogP contribution in [0.25, 0.3) is 0 Å². The molecule has 2 aliphatic rings. The molecule has 4 nitrogen and oxygen atoms in total. The molecular formula is C18H29NO3. The van der Waals surface area contributed by atoms with Gasteiger partial charge >= 0.3 is 5.97 Å². The maximum absolute atomic E-state index is 12.3. The van der Waals surface area contributed by atoms with Crippen LogP contribution in [0.1, 0.15) is 71.6 Å². The molecule has 0 bridgehead atoms. The van der Waals surface area contributed by atoms with Crippen molar-refractivity contribution in [2.24, 2.45) is 16.8 Å². The number of ether oxygens (including phenoxy) is 1. The predicted octanol–water partition coefficient (Wildman–Crippen LogP) is 3.72. The smallest absolute Gasteiger partial charge is 0.349 e. The van der Waals surface area contributed by atoms with Gasteiger partial charge in [-0.05, 0) is 51.4 Å². The third-order valence-corrected chi connectivity index (χ3v) is 5.07. The third-order valence-electron chi connectivity index (χ3n) is 5.07. The Balaban J connectivity index is 1.74. The fourth-order valence-electron chi connectivity index (χ4n) is 3.52. The Morgan fingerprint density at radius 1 is 1.05 bits per heavy atom. The Hall–Kier alpha value is -1.19. The van der Waals surface area contributed by atoms with Crippen molar-refractivity contribution in [2.45, 2.75) is 83.8 Å². The molecule has 124 valence electrons. The molecule has 0 aromatic carbocycles. The Labute approximate surface area is 133 Å². The first-order valence-corrected chi connectivity index (χ1v) is 8.83. The summed E-state index contributed by atoms with van der Waals surface area (Å²) in [5, 5.41) is 0. The highest BCUT2D eigenvalue weighted by atomic mass is 16.5. The fraction of sp³-hybridized carbons (Fsp3) is 0.833. The monoisotopic (exact) mass is 307 g/mol. The maximum Gasteiger partial charge on any atom is 0.349 e. The number of rotatable bonds is 5. The standard InChI is InChI=1S/C18H29NO3/c1-13-8-10-16(11-9-13)22-17(20)12-19-14(2)18(21)15-6-4-3-5-7-15/h12-16H,3-11H2,1-2H3/t13?,14-,16?/m0/s1. The fourth-order valence-corrected chi connectivity index (χ4v) is 3.52. The molecule has 4 heteroatoms. The number of nitrogens with zero attached hydrogens (tertiary/aromatic N) is 1. The highest BCUT2D eigenvalue weighted by Gasteiger charge is 2.25. The van der Waals surface area contributed by atoms with Gasteiger partial charge in [0.05, 0.1) is 0 Å². The zero-order valence-corrected chi connectivity index (χ0v) is 13.9. The van der Waals surface area contributed by atoms with Crippen LogP contribution >= 0.6 is 0 Å². The molecule has 0 radical (unpaired) electrons. The molecule has 2 saturated carbocycles. The first-order chi connectivity index (χ1) is 10.6. The molecule has 2 aliphatic carbocycles. The van der Waals surface area contributed by atoms with Gasteiger partial charge in [0.2, 0.25) is 0 Å². The topological polar surface area (TPSA) is 55.7 Å². The lowest BCUT2D eigenvalue weighted by atomic mass is 9.84. The highest BCUT2D eigenvalue weighted by molar-refractivity contribution is 6.23. The number of hydrogen-bond donors (Lipinski definition) is 0. The lowest BCUT2D eigenvalue weighted by Crippen LogP contribution is -2.27. The third kappa shape index (κ3) is 5.22. The van der Waals surface area contributed by atoms with Gasteiger partial charge < -0.3 is 4.74 Å². The Morgan fingerprint density at radius 2 is 1.68 bits per heavy atom. The summed E-state index contributed by atoms with van der Waals surface area (Å²) in [5.74, 6) is 0.645. The number of ketones is 1. The van der Waals surface area contributed by atoms with E-state index in [1.54, 1.807) is 6.92 Å². The van der Waals surface area contributed by atoms with Gasteiger partial charge in [0.15, 0.2) is 5.78 Å². The van der Waals surface area contributed by atoms with Crippen molar-refractivity contribution >= 4 is 18.0 Å². The Kier molecular flexibility index (Phi) is 6.59. The summed E-state index contributed by atoms with van der Waals surface area (Å²) in [4.78, 5) is 28.2. The van der Waals surface area contributed by atoms with Gasteiger partial charge in [-0.25, -0.2) is 4.79 Å². The molecule has 2 fully saturated rings. The number of carbonyl (C=O) groups is 2. The largest absolute Gasteiger partial charge is 0.458 e. The van der Waals surface area contributed by atoms with Crippen LogP contribution in [0.3, 0.4) is 0 Å². The predicted molar refractivity (Wildman–Crippen MR) is 87.0 cm³/mol. The summed E-state index contributed by atoms with van der Waals surface area (Å²) in [5.41, 5.74) is 0. The van der Waals surface area contributed by atoms with Crippen LogP contribution in [0, 0.1) is 11.8 Å². The summed E-state index contributed by atoms with van der Waals surface area (Å²) in [6.45, 7) is 4.01. The van der Waals surface area contributed by atoms with Crippen LogP contribution in [0.4, 0.5) is 0 Å². The summed E-state index contributed by atoms with van der Waals surface area (Å²) < 4.78 is 5.42. The van der Waals surface area contributed by atoms with Crippen molar-refractivity contribution in [3.8, 4) is 0 Å². The molecule has 0 aromatic rings. The second kappa shape index (κ2) is 8.44. The molecule has 0 heterocycles. The van der Waals surface area contributed by atoms with E-state index in [9.17, 15) is 9.59 Å². The zero-order valence-electron chi connectivity index (χ0n) is 13.9. The lowest BCUT2D eigenvalue weighted by molar-refractivity contribution is -0.141. The van der Waals surface area contributed by atoms with E-state index in [1.807, 2.05) is 0 Å². The van der Waals surface area contributed by atoms with Crippen molar-refractivity contribution in [3.05, 3.63) is 0 Å². The SMILES string of the molecule is CC1CCC(OC(=O)C=N[C@@H](C)C(=O)C2CCCCC2)CC1. The summed E-state index contributed by atoms with van der Waals surface area (Å²) >= 11 is 0. The van der Waals surface area contributed by atoms with Crippen LogP contribution in [-0.2, 0) is 14.3 Å². The quantitative estimate of drug-likeness (QED) is 0.574. The number of carbonyl (C=O) groups excluding carboxylic acids is 2. The van der Waals surface area contributed by atoms with E-state index in [0.29, 0.717) is 0 Å². The molecule has 1 atom stereocenters. The van der Waals surface area contributed by atoms with Crippen molar-refractivity contribution in [2.75, 3.05) is 0 Å². The van der Waals surface area contributed by atoms with E-state index in [4.69, 9.17) is 4.74 Å². The van der Waals surface area contributed by atoms with E-state index in [2.05, 4.69) is 11.9 Å². The molecule has 22 heavy (non-hydrogen) atoms. The van der Waals surface area contributed by atoms with Crippen molar-refractivity contribution in [3.63, 3.8) is 0 Å². The van der Waals surface area contributed by atoms with Crippen LogP contribution in [-0.4, -0.2) is 30.1 Å². The number of esters is 1. The molecular weight excluding hydrogens is 278 g/mol. The highest BCUT2D eigenvalue weighted by Crippen LogP contribution is 2.26. The van der Waals surface area contributed by atoms with E-state index in [0.717, 1.165) is 57.3 Å². The summed E-state index contributed by atoms with van der Waals surface area (Å²) in [6, 6.07) is -0.429. The molecule has 2 rings (SSSR count). The van der Waals surface area contributed by atoms with Gasteiger partial charge in [-0.1, -0.05) is 26.2 Å². The average Bonchev–Trinajstić information content (AvgIpc) is 2.55. The van der Waals surface area contributed by atoms with Gasteiger partial charge in [-0.15, -0.1) is 0 Å². The van der Waals surface area contributed by atoms with Gasteiger partial charge in [0.25, 0.3) is 0 Å². The Morgan fingerprint density at radius 3 is 2.32 bits per heavy atom. The molecule has 0 spiro atoms. The molecule has 0 aliphatic heterocycles. The van der Waals surface area contributed by atoms with Crippen LogP contribution in [0.2, 0.25) is 0 Å². The normalized spacial score (nSPS) is 28.5. The number of aliphatic imine (C=N–C) groups is 1. The maximum atomic E-state index is 12.3. The van der Waals surface area contributed by atoms with Crippen LogP contribution in [0.5, 0.6) is 0 Å². The number of Topliss-reactive ketones (excluding diaryl/α,β-unsaturated/α-hetero) is 1. The molecule has 0 aromatic heterocycles. The van der Waals surface area contributed by atoms with E-state index in [1.165, 1.54) is 12.6 Å². The second-order valence-electron chi connectivity index (χ2n) is 7.01. The molecule has 0 amide bonds. The van der Waals surface area contributed by atoms with E-state index < -0.39 is 12.0 Å². The average molecular weight is 307 g/mol. The van der Waals surface area contributed by atoms with Gasteiger partial charge in [-0.3, -0.25) is 9.79 Å². The zero-order chi connectivity index (χ0) is 15.9. The van der Waals surface area contributed by atoms with Crippen LogP contribution in [0.15, 0.2) is 4.99 Å². The first-order valence-electron chi connectivity index (χ1n) is 8.83. The minimum atomic E-state index is -0.429. The van der Waals surface area contributed by atoms with Crippen molar-refractivity contribution in [1.82, 2.24) is 0 Å². The first kappa shape index (κ1) is 17.2. The Bertz CT molecular complexity index is 405. The van der Waals surface area contributed by atoms with Crippen molar-refractivity contribution < 1.29 is 14.3 Å². The lowest BCUT2D eigenvalue weighted by Gasteiger charge is -2.25. The summed E-state index contributed by atoms with van der Waals surface area (Å²) in [6.07, 6.45) is 10.8. The second-order valence-corrected chi connectivity index (χ2v) is 7.01. The van der Waals surface area contributed by atoms with Crippen LogP contribution < -0.4 is 0 Å². The number of hydrogen-bond acceptors (Lipinski definition) is 4. The van der Waals surface area contributed by atoms with Gasteiger partial charge in [0.1, 0.15) is 18.4 Å². The van der Waals surface area contributed by atoms with Gasteiger partial charge in [0, 0.05) is 5.92 Å². The van der Waals surface area contributed by atoms with Gasteiger partial charge in [-0.2, -0.15) is 0 Å². The summed E-state index contributed by atoms with van der Waals surface area (Å²) in [7, 11) is 0. The van der Waals surface area contributed by atoms with Crippen molar-refractivity contribution in [1.29, 1.82) is 0 Å². The minimum absolute atomic E-state index is 0.0273. The molecule has 0 unspecified atom stereocenters. The minimum Gasteiger partial charge on any atom is -0.458 e.